The van der Waals surface area contributed by atoms with Crippen molar-refractivity contribution in [2.75, 3.05) is 25.4 Å². The zero-order chi connectivity index (χ0) is 58.8. The molecule has 466 valence electrons. The minimum Gasteiger partial charge on any atom is -0.504 e. The van der Waals surface area contributed by atoms with Crippen LogP contribution in [0.25, 0.3) is 0 Å². The van der Waals surface area contributed by atoms with Crippen LogP contribution in [0.15, 0.2) is 58.5 Å². The number of nitrogens with one attached hydrogen (secondary N) is 1. The number of carbonyl (C=O) groups is 2. The molecule has 13 nitrogen and oxygen atoms in total. The van der Waals surface area contributed by atoms with E-state index in [2.05, 4.69) is 80.4 Å². The Balaban J connectivity index is 0.817. The summed E-state index contributed by atoms with van der Waals surface area (Å²) in [5, 5.41) is 29.9. The summed E-state index contributed by atoms with van der Waals surface area (Å²) in [5.41, 5.74) is 22.4. The van der Waals surface area contributed by atoms with E-state index >= 15 is 4.79 Å². The third-order valence-corrected chi connectivity index (χ3v) is 30.8. The van der Waals surface area contributed by atoms with Gasteiger partial charge in [0.1, 0.15) is 16.1 Å². The molecule has 15 heteroatoms. The molecule has 0 radical (unpaired) electrons. The Morgan fingerprint density at radius 3 is 2.45 bits per heavy atom. The zero-order valence-electron chi connectivity index (χ0n) is 51.4. The smallest absolute Gasteiger partial charge is 0.303 e. The van der Waals surface area contributed by atoms with Crippen molar-refractivity contribution in [2.24, 2.45) is 96.2 Å². The largest absolute Gasteiger partial charge is 0.504 e. The van der Waals surface area contributed by atoms with Crippen LogP contribution in [0.2, 0.25) is 0 Å². The van der Waals surface area contributed by atoms with Gasteiger partial charge in [0.05, 0.1) is 6.10 Å². The van der Waals surface area contributed by atoms with Crippen molar-refractivity contribution in [2.45, 2.75) is 234 Å². The summed E-state index contributed by atoms with van der Waals surface area (Å²) in [4.78, 5) is 40.4. The molecular formula is C71H99N7O6S2. The zero-order valence-corrected chi connectivity index (χ0v) is 53.1. The number of fused-ring (bicyclic) bond motifs is 2. The summed E-state index contributed by atoms with van der Waals surface area (Å²) in [7, 11) is 4.27. The number of phenolic OH excluding ortho intramolecular Hbond substituents is 1. The molecule has 16 aliphatic rings. The van der Waals surface area contributed by atoms with Gasteiger partial charge in [0.15, 0.2) is 23.4 Å². The van der Waals surface area contributed by atoms with Crippen molar-refractivity contribution >= 4 is 45.4 Å². The second-order valence-electron chi connectivity index (χ2n) is 31.1. The van der Waals surface area contributed by atoms with Crippen LogP contribution in [0, 0.1) is 69.0 Å². The highest BCUT2D eigenvalue weighted by atomic mass is 33.1. The maximum atomic E-state index is 15.1. The minimum absolute atomic E-state index is 0.0733. The molecule has 86 heavy (non-hydrogen) atoms. The second-order valence-corrected chi connectivity index (χ2v) is 33.8. The lowest BCUT2D eigenvalue weighted by Crippen LogP contribution is -2.56. The number of hydrogen-bond donors (Lipinski definition) is 6. The number of esters is 1. The average Bonchev–Trinajstić information content (AvgIpc) is 1.55. The molecule has 1 amide bonds. The van der Waals surface area contributed by atoms with Crippen molar-refractivity contribution in [1.29, 1.82) is 0 Å². The van der Waals surface area contributed by atoms with Gasteiger partial charge >= 0.3 is 5.97 Å². The number of allylic oxidation sites excluding steroid dienone is 1. The van der Waals surface area contributed by atoms with E-state index in [4.69, 9.17) is 31.7 Å². The number of phenols is 1. The molecule has 10 bridgehead atoms. The summed E-state index contributed by atoms with van der Waals surface area (Å²) < 4.78 is 13.9. The number of aliphatic hydroxyl groups is 1. The number of aryl methyl sites for hydroxylation is 1. The fourth-order valence-electron chi connectivity index (χ4n) is 23.8. The van der Waals surface area contributed by atoms with Gasteiger partial charge in [-0.05, 0) is 236 Å². The molecule has 17 atom stereocenters. The predicted molar refractivity (Wildman–Crippen MR) is 342 cm³/mol. The summed E-state index contributed by atoms with van der Waals surface area (Å²) >= 11 is 0. The summed E-state index contributed by atoms with van der Waals surface area (Å²) in [6.07, 6.45) is 34.4. The first-order valence-corrected chi connectivity index (χ1v) is 36.8. The third-order valence-electron chi connectivity index (χ3n) is 27.5. The van der Waals surface area contributed by atoms with Crippen LogP contribution in [0.4, 0.5) is 0 Å². The Morgan fingerprint density at radius 2 is 1.63 bits per heavy atom. The van der Waals surface area contributed by atoms with Gasteiger partial charge in [-0.25, -0.2) is 0 Å². The molecule has 0 aromatic heterocycles. The number of aromatic hydroxyl groups is 1. The maximum absolute atomic E-state index is 15.1. The van der Waals surface area contributed by atoms with Gasteiger partial charge in [-0.3, -0.25) is 19.6 Å². The summed E-state index contributed by atoms with van der Waals surface area (Å²) in [5.74, 6) is 6.16. The second kappa shape index (κ2) is 22.1. The first-order valence-electron chi connectivity index (χ1n) is 34.5. The minimum atomic E-state index is -0.842. The van der Waals surface area contributed by atoms with Crippen molar-refractivity contribution in [3.63, 3.8) is 0 Å². The van der Waals surface area contributed by atoms with E-state index < -0.39 is 17.3 Å². The highest BCUT2D eigenvalue weighted by Gasteiger charge is 2.66. The molecule has 2 aromatic carbocycles. The number of ether oxygens (including phenoxy) is 2. The number of aliphatic hydroxyl groups excluding tert-OH is 1. The fourth-order valence-corrected chi connectivity index (χ4v) is 27.8. The molecule has 18 rings (SSSR count). The molecule has 6 heterocycles. The van der Waals surface area contributed by atoms with Crippen LogP contribution < -0.4 is 27.3 Å². The van der Waals surface area contributed by atoms with Crippen molar-refractivity contribution in [1.82, 2.24) is 10.2 Å². The molecule has 1 saturated heterocycles. The molecule has 9 saturated carbocycles. The lowest BCUT2D eigenvalue weighted by molar-refractivity contribution is -0.172. The Kier molecular flexibility index (Phi) is 15.0. The first-order chi connectivity index (χ1) is 41.6. The average molecular weight is 1210 g/mol. The number of amides is 1. The van der Waals surface area contributed by atoms with Gasteiger partial charge < -0.3 is 47.1 Å². The Morgan fingerprint density at radius 1 is 0.837 bits per heavy atom. The van der Waals surface area contributed by atoms with E-state index in [0.29, 0.717) is 92.1 Å². The molecule has 10 fully saturated rings. The van der Waals surface area contributed by atoms with E-state index in [1.165, 1.54) is 102 Å². The number of aliphatic imine (C=N–C) groups is 2. The van der Waals surface area contributed by atoms with E-state index in [1.54, 1.807) is 6.92 Å². The molecule has 10 aliphatic carbocycles. The molecule has 6 spiro atoms. The van der Waals surface area contributed by atoms with E-state index in [9.17, 15) is 15.0 Å². The number of rotatable bonds is 4. The quantitative estimate of drug-likeness (QED) is 0.0555. The Labute approximate surface area is 519 Å². The monoisotopic (exact) mass is 1210 g/mol. The van der Waals surface area contributed by atoms with Crippen LogP contribution in [-0.2, 0) is 27.3 Å². The van der Waals surface area contributed by atoms with E-state index in [1.807, 2.05) is 4.90 Å². The fraction of sp³-hybridized carbons (Fsp3) is 0.746. The van der Waals surface area contributed by atoms with Crippen LogP contribution >= 0.6 is 21.6 Å². The molecule has 2 aromatic rings. The SMILES string of the molecule is CC(=O)OC12CCc3cc(c(O)c4c3C3C=CC5(CCCC5C3)O4)CN3CC4(CC3=O)C(CCC4c3ccccc3)CN=C(N)NC3(CCCC34CCCC4)SSCC3CCC(CC34CCCC43CC4CCC(CN=C(N)N)C4C3)C(CC1)C(O)C2. The van der Waals surface area contributed by atoms with Gasteiger partial charge in [0, 0.05) is 85.5 Å². The van der Waals surface area contributed by atoms with Crippen LogP contribution in [-0.4, -0.2) is 86.5 Å². The molecule has 9 N–H and O–H groups in total. The summed E-state index contributed by atoms with van der Waals surface area (Å²) in [6, 6.07) is 13.1. The van der Waals surface area contributed by atoms with Crippen molar-refractivity contribution in [3.8, 4) is 11.5 Å². The Bertz CT molecular complexity index is 3040. The van der Waals surface area contributed by atoms with Gasteiger partial charge in [-0.2, -0.15) is 0 Å². The number of nitrogens with zero attached hydrogens (tertiary/aromatic N) is 3. The predicted octanol–water partition coefficient (Wildman–Crippen LogP) is 12.7. The maximum Gasteiger partial charge on any atom is 0.303 e. The molecule has 6 aliphatic heterocycles. The van der Waals surface area contributed by atoms with Crippen LogP contribution in [0.1, 0.15) is 221 Å². The highest BCUT2D eigenvalue weighted by Crippen LogP contribution is 2.75. The summed E-state index contributed by atoms with van der Waals surface area (Å²) in [6.45, 7) is 3.68. The van der Waals surface area contributed by atoms with Gasteiger partial charge in [0.25, 0.3) is 0 Å². The molecule has 17 unspecified atom stereocenters. The third kappa shape index (κ3) is 9.50. The first kappa shape index (κ1) is 58.3. The number of hydrogen-bond acceptors (Lipinski definition) is 12. The normalized spacial score (nSPS) is 43.0. The number of carbonyl (C=O) groups excluding carboxylic acids is 2. The van der Waals surface area contributed by atoms with Crippen molar-refractivity contribution < 1.29 is 29.3 Å². The van der Waals surface area contributed by atoms with Crippen molar-refractivity contribution in [3.05, 3.63) is 70.8 Å². The van der Waals surface area contributed by atoms with Crippen LogP contribution in [0.3, 0.4) is 0 Å². The Hall–Kier alpha value is -4.08. The number of nitrogens with two attached hydrogens (primary N) is 3. The van der Waals surface area contributed by atoms with E-state index in [-0.39, 0.29) is 80.3 Å². The molecular weight excluding hydrogens is 1110 g/mol. The lowest BCUT2D eigenvalue weighted by Gasteiger charge is -2.57. The van der Waals surface area contributed by atoms with E-state index in [0.717, 1.165) is 87.1 Å². The standard InChI is InChI=1S/C71H99N7O6S2/c1-44(79)83-67-29-19-46-32-51(61(82)62-60(46)47-20-31-70(84-62)27-7-12-52(70)33-47)41-78-43-68(38-59(78)81)53(17-18-57(68)45-10-3-2-4-11-45)40-76-64(74)77-71(28-9-24-65(71)22-5-6-23-65)86-85-42-54-16-15-49(55(21-30-67)58(80)37-67)35-69(54)26-8-25-66(69)34-48-13-14-50(56(48)36-66)39-75-63(72)73/h2-4,10-11,20,31-32,47-50,52-58,80,82H,5-9,12-19,21-30,33-43H2,1H3,(H4,72,73,75)(H3,74,76,77). The number of benzene rings is 2. The lowest BCUT2D eigenvalue weighted by atomic mass is 9.49. The van der Waals surface area contributed by atoms with Crippen LogP contribution in [0.5, 0.6) is 11.5 Å². The number of guanidine groups is 2. The van der Waals surface area contributed by atoms with Gasteiger partial charge in [0.2, 0.25) is 5.91 Å². The van der Waals surface area contributed by atoms with Gasteiger partial charge in [-0.1, -0.05) is 77.3 Å². The van der Waals surface area contributed by atoms with Gasteiger partial charge in [-0.15, -0.1) is 0 Å². The highest BCUT2D eigenvalue weighted by molar-refractivity contribution is 8.77. The topological polar surface area (TPSA) is 211 Å².